The maximum absolute atomic E-state index is 11.1. The van der Waals surface area contributed by atoms with Crippen LogP contribution in [0.15, 0.2) is 97.7 Å². The molecule has 1 N–H and O–H groups in total. The fourth-order valence-electron chi connectivity index (χ4n) is 9.16. The minimum atomic E-state index is -0.935. The molecular formula is C82H146O10. The zero-order valence-corrected chi connectivity index (χ0v) is 61.7. The molecule has 0 aliphatic carbocycles. The Bertz CT molecular complexity index is 1890. The molecule has 0 heterocycles. The maximum atomic E-state index is 11.1. The first-order valence-electron chi connectivity index (χ1n) is 37.2. The van der Waals surface area contributed by atoms with Gasteiger partial charge >= 0.3 is 29.8 Å². The summed E-state index contributed by atoms with van der Waals surface area (Å²) in [6.45, 7) is 40.4. The molecule has 0 aromatic heterocycles. The Morgan fingerprint density at radius 3 is 0.565 bits per heavy atom. The second kappa shape index (κ2) is 80.2. The topological polar surface area (TPSA) is 142 Å². The first-order valence-corrected chi connectivity index (χ1v) is 37.2. The Balaban J connectivity index is -0.000000341. The summed E-state index contributed by atoms with van der Waals surface area (Å²) < 4.78 is 20.2. The Morgan fingerprint density at radius 2 is 0.446 bits per heavy atom. The number of ether oxygens (including phenoxy) is 4. The highest BCUT2D eigenvalue weighted by Gasteiger charge is 2.06. The van der Waals surface area contributed by atoms with E-state index in [1.807, 2.05) is 36.4 Å². The molecule has 1 aromatic carbocycles. The second-order valence-corrected chi connectivity index (χ2v) is 25.2. The van der Waals surface area contributed by atoms with Crippen molar-refractivity contribution in [3.8, 4) is 0 Å². The highest BCUT2D eigenvalue weighted by molar-refractivity contribution is 5.88. The van der Waals surface area contributed by atoms with E-state index in [-0.39, 0.29) is 29.5 Å². The van der Waals surface area contributed by atoms with Gasteiger partial charge in [-0.2, -0.15) is 0 Å². The molecule has 0 saturated carbocycles. The van der Waals surface area contributed by atoms with Crippen LogP contribution in [0.2, 0.25) is 0 Å². The van der Waals surface area contributed by atoms with Crippen molar-refractivity contribution in [3.05, 3.63) is 103 Å². The van der Waals surface area contributed by atoms with E-state index in [2.05, 4.69) is 67.2 Å². The lowest BCUT2D eigenvalue weighted by Crippen LogP contribution is -2.05. The van der Waals surface area contributed by atoms with Crippen LogP contribution in [-0.2, 0) is 42.9 Å². The van der Waals surface area contributed by atoms with Gasteiger partial charge in [0.1, 0.15) is 0 Å². The molecule has 10 nitrogen and oxygen atoms in total. The minimum absolute atomic E-state index is 0.176. The van der Waals surface area contributed by atoms with Crippen LogP contribution in [0.1, 0.15) is 363 Å². The van der Waals surface area contributed by atoms with Crippen LogP contribution in [0.3, 0.4) is 0 Å². The van der Waals surface area contributed by atoms with E-state index in [9.17, 15) is 24.0 Å². The lowest BCUT2D eigenvalue weighted by Gasteiger charge is -2.04. The maximum Gasteiger partial charge on any atom is 0.333 e. The number of carbonyl (C=O) groups is 5. The SMILES string of the molecule is C=C(C)C(=O)O.C=C(C)C(=O)OCCCCCCCCCCCC.C=C(C)C(=O)OCCCCCCCCCCCCC.C=C(C)C(=O)OCCCCCCCCCCCCCC.C=C(C)C(=O)OCCCCCCCCCCCCCCC.C=Cc1ccccc1. The van der Waals surface area contributed by atoms with E-state index in [1.165, 1.54) is 282 Å². The number of carboxylic acid groups (broad SMARTS) is 1. The van der Waals surface area contributed by atoms with Gasteiger partial charge in [-0.25, -0.2) is 24.0 Å². The number of carbonyl (C=O) groups excluding carboxylic acids is 4. The van der Waals surface area contributed by atoms with Crippen molar-refractivity contribution >= 4 is 35.9 Å². The standard InChI is InChI=1S/C19H36O2.C18H34O2.C17H32O2.C16H30O2.C8H8.C4H6O2/c1-4-5-6-7-8-9-10-11-12-13-14-15-16-17-21-19(20)18(2)3;1-4-5-6-7-8-9-10-11-12-13-14-15-16-20-18(19)17(2)3;1-4-5-6-7-8-9-10-11-12-13-14-15-19-17(18)16(2)3;1-4-5-6-7-8-9-10-11-12-13-14-18-16(17)15(2)3;1-2-8-6-4-3-5-7-8;1-3(2)4(5)6/h2,4-17H2,1,3H3;2,4-16H2,1,3H3;2,4-15H2,1,3H3;2,4-14H2,1,3H3;2-7H,1H2;1H2,2H3,(H,5,6). The van der Waals surface area contributed by atoms with Gasteiger partial charge in [0.25, 0.3) is 0 Å². The van der Waals surface area contributed by atoms with Crippen molar-refractivity contribution in [1.82, 2.24) is 0 Å². The van der Waals surface area contributed by atoms with E-state index >= 15 is 0 Å². The van der Waals surface area contributed by atoms with Crippen LogP contribution in [0.5, 0.6) is 0 Å². The first kappa shape index (κ1) is 95.7. The average Bonchev–Trinajstić information content (AvgIpc) is 3.72. The number of aliphatic carboxylic acids is 1. The zero-order chi connectivity index (χ0) is 69.8. The highest BCUT2D eigenvalue weighted by atomic mass is 16.5. The van der Waals surface area contributed by atoms with E-state index < -0.39 is 5.97 Å². The lowest BCUT2D eigenvalue weighted by molar-refractivity contribution is -0.139. The van der Waals surface area contributed by atoms with Gasteiger partial charge in [0.05, 0.1) is 26.4 Å². The van der Waals surface area contributed by atoms with Crippen LogP contribution in [0.4, 0.5) is 0 Å². The summed E-state index contributed by atoms with van der Waals surface area (Å²) in [5, 5.41) is 7.89. The Hall–Kier alpha value is -4.99. The van der Waals surface area contributed by atoms with Gasteiger partial charge in [0.2, 0.25) is 0 Å². The molecule has 0 aliphatic rings. The van der Waals surface area contributed by atoms with Crippen molar-refractivity contribution in [2.24, 2.45) is 0 Å². The summed E-state index contributed by atoms with van der Waals surface area (Å²) >= 11 is 0. The van der Waals surface area contributed by atoms with Gasteiger partial charge in [-0.05, 0) is 65.9 Å². The van der Waals surface area contributed by atoms with Gasteiger partial charge in [-0.15, -0.1) is 0 Å². The fourth-order valence-corrected chi connectivity index (χ4v) is 9.16. The number of hydrogen-bond donors (Lipinski definition) is 1. The summed E-state index contributed by atoms with van der Waals surface area (Å²) in [4.78, 5) is 54.0. The van der Waals surface area contributed by atoms with Crippen LogP contribution in [-0.4, -0.2) is 61.4 Å². The molecule has 10 heteroatoms. The second-order valence-electron chi connectivity index (χ2n) is 25.2. The molecule has 0 bridgehead atoms. The van der Waals surface area contributed by atoms with Crippen molar-refractivity contribution in [2.75, 3.05) is 26.4 Å². The lowest BCUT2D eigenvalue weighted by atomic mass is 10.0. The number of unbranched alkanes of at least 4 members (excludes halogenated alkanes) is 42. The van der Waals surface area contributed by atoms with Gasteiger partial charge in [0, 0.05) is 27.9 Å². The molecule has 0 unspecified atom stereocenters. The molecule has 92 heavy (non-hydrogen) atoms. The van der Waals surface area contributed by atoms with Gasteiger partial charge in [0.15, 0.2) is 0 Å². The summed E-state index contributed by atoms with van der Waals surface area (Å²) in [5.41, 5.74) is 3.31. The van der Waals surface area contributed by atoms with E-state index in [0.717, 1.165) is 25.7 Å². The largest absolute Gasteiger partial charge is 0.478 e. The monoisotopic (exact) mass is 1290 g/mol. The molecule has 0 spiro atoms. The number of esters is 4. The number of benzene rings is 1. The summed E-state index contributed by atoms with van der Waals surface area (Å²) in [7, 11) is 0. The Labute approximate surface area is 568 Å². The van der Waals surface area contributed by atoms with E-state index in [1.54, 1.807) is 27.7 Å². The highest BCUT2D eigenvalue weighted by Crippen LogP contribution is 2.16. The van der Waals surface area contributed by atoms with Crippen molar-refractivity contribution in [3.63, 3.8) is 0 Å². The molecule has 1 aromatic rings. The van der Waals surface area contributed by atoms with E-state index in [0.29, 0.717) is 48.7 Å². The summed E-state index contributed by atoms with van der Waals surface area (Å²) in [6, 6.07) is 10.0. The molecule has 0 fully saturated rings. The Morgan fingerprint density at radius 1 is 0.293 bits per heavy atom. The van der Waals surface area contributed by atoms with Gasteiger partial charge in [-0.3, -0.25) is 0 Å². The summed E-state index contributed by atoms with van der Waals surface area (Å²) in [5.74, 6) is -1.96. The van der Waals surface area contributed by atoms with E-state index in [4.69, 9.17) is 24.1 Å². The predicted octanol–water partition coefficient (Wildman–Crippen LogP) is 25.4. The minimum Gasteiger partial charge on any atom is -0.478 e. The molecule has 0 saturated heterocycles. The van der Waals surface area contributed by atoms with Crippen molar-refractivity contribution in [2.45, 2.75) is 358 Å². The molecule has 0 atom stereocenters. The summed E-state index contributed by atoms with van der Waals surface area (Å²) in [6.07, 6.45) is 62.4. The third kappa shape index (κ3) is 87.1. The molecule has 0 aliphatic heterocycles. The van der Waals surface area contributed by atoms with Gasteiger partial charge < -0.3 is 24.1 Å². The average molecular weight is 1290 g/mol. The molecule has 534 valence electrons. The third-order valence-electron chi connectivity index (χ3n) is 15.2. The van der Waals surface area contributed by atoms with Crippen molar-refractivity contribution < 1.29 is 48.0 Å². The van der Waals surface area contributed by atoms with Gasteiger partial charge in [-0.1, -0.05) is 373 Å². The molecular weight excluding hydrogens is 1140 g/mol. The molecule has 1 rings (SSSR count). The number of rotatable bonds is 56. The normalized spacial score (nSPS) is 10.1. The van der Waals surface area contributed by atoms with Crippen LogP contribution < -0.4 is 0 Å². The Kier molecular flexibility index (Phi) is 83.5. The predicted molar refractivity (Wildman–Crippen MR) is 397 cm³/mol. The number of carboxylic acids is 1. The molecule has 0 radical (unpaired) electrons. The quantitative estimate of drug-likeness (QED) is 0.0290. The van der Waals surface area contributed by atoms with Crippen LogP contribution >= 0.6 is 0 Å². The third-order valence-corrected chi connectivity index (χ3v) is 15.2. The number of hydrogen-bond acceptors (Lipinski definition) is 9. The van der Waals surface area contributed by atoms with Crippen LogP contribution in [0.25, 0.3) is 6.08 Å². The first-order chi connectivity index (χ1) is 44.3. The van der Waals surface area contributed by atoms with Crippen molar-refractivity contribution in [1.29, 1.82) is 0 Å². The fraction of sp³-hybridized carbons (Fsp3) is 0.720. The zero-order valence-electron chi connectivity index (χ0n) is 61.7. The molecule has 0 amide bonds. The smallest absolute Gasteiger partial charge is 0.333 e. The van der Waals surface area contributed by atoms with Crippen LogP contribution in [0, 0.1) is 0 Å².